The van der Waals surface area contributed by atoms with Crippen LogP contribution < -0.4 is 0 Å². The van der Waals surface area contributed by atoms with Crippen molar-refractivity contribution in [2.24, 2.45) is 4.99 Å². The lowest BCUT2D eigenvalue weighted by Gasteiger charge is -2.23. The summed E-state index contributed by atoms with van der Waals surface area (Å²) < 4.78 is 0. The van der Waals surface area contributed by atoms with E-state index in [-0.39, 0.29) is 11.3 Å². The highest BCUT2D eigenvalue weighted by Crippen LogP contribution is 2.46. The van der Waals surface area contributed by atoms with Gasteiger partial charge in [0.25, 0.3) is 0 Å². The van der Waals surface area contributed by atoms with Crippen molar-refractivity contribution in [3.8, 4) is 0 Å². The summed E-state index contributed by atoms with van der Waals surface area (Å²) in [6.07, 6.45) is 4.15. The molecule has 0 aromatic heterocycles. The van der Waals surface area contributed by atoms with Gasteiger partial charge in [0, 0.05) is 6.42 Å². The third-order valence-corrected chi connectivity index (χ3v) is 2.48. The molecule has 2 nitrogen and oxygen atoms in total. The molecule has 2 rings (SSSR count). The van der Waals surface area contributed by atoms with E-state index < -0.39 is 0 Å². The van der Waals surface area contributed by atoms with Crippen LogP contribution in [0.5, 0.6) is 0 Å². The molecule has 54 valence electrons. The van der Waals surface area contributed by atoms with Gasteiger partial charge in [-0.3, -0.25) is 9.79 Å². The second-order valence-corrected chi connectivity index (χ2v) is 3.12. The molecule has 1 spiro atoms. The molecule has 2 heteroatoms. The third kappa shape index (κ3) is 0.591. The topological polar surface area (TPSA) is 29.4 Å². The molecule has 1 fully saturated rings. The van der Waals surface area contributed by atoms with E-state index in [9.17, 15) is 4.79 Å². The van der Waals surface area contributed by atoms with Gasteiger partial charge in [-0.05, 0) is 19.3 Å². The Balaban J connectivity index is 1.99. The number of carbonyl (C=O) groups excluding carboxylic acids is 1. The highest BCUT2D eigenvalue weighted by atomic mass is 16.1. The average molecular weight is 137 g/mol. The van der Waals surface area contributed by atoms with Gasteiger partial charge in [-0.1, -0.05) is 6.92 Å². The number of rotatable bonds is 2. The van der Waals surface area contributed by atoms with E-state index in [4.69, 9.17) is 0 Å². The van der Waals surface area contributed by atoms with E-state index in [0.29, 0.717) is 6.42 Å². The maximum atomic E-state index is 11.1. The van der Waals surface area contributed by atoms with Crippen molar-refractivity contribution in [3.63, 3.8) is 0 Å². The minimum absolute atomic E-state index is 0.104. The smallest absolute Gasteiger partial charge is 0.178 e. The number of hydrogen-bond donors (Lipinski definition) is 0. The summed E-state index contributed by atoms with van der Waals surface area (Å²) in [5, 5.41) is 0. The predicted octanol–water partition coefficient (Wildman–Crippen LogP) is 1.34. The molecule has 0 unspecified atom stereocenters. The van der Waals surface area contributed by atoms with Crippen LogP contribution in [0.25, 0.3) is 0 Å². The summed E-state index contributed by atoms with van der Waals surface area (Å²) in [6, 6.07) is 0. The number of ketones is 1. The summed E-state index contributed by atoms with van der Waals surface area (Å²) >= 11 is 0. The number of carbonyl (C=O) groups is 1. The molecule has 0 aromatic rings. The van der Waals surface area contributed by atoms with E-state index in [1.807, 2.05) is 6.92 Å². The lowest BCUT2D eigenvalue weighted by molar-refractivity contribution is -0.112. The Labute approximate surface area is 60.3 Å². The fourth-order valence-electron chi connectivity index (χ4n) is 1.54. The molecule has 0 radical (unpaired) electrons. The maximum Gasteiger partial charge on any atom is 0.178 e. The van der Waals surface area contributed by atoms with Gasteiger partial charge in [0.05, 0.1) is 0 Å². The highest BCUT2D eigenvalue weighted by molar-refractivity contribution is 6.49. The van der Waals surface area contributed by atoms with Crippen molar-refractivity contribution in [1.82, 2.24) is 0 Å². The molecule has 1 aliphatic carbocycles. The molecule has 10 heavy (non-hydrogen) atoms. The fourth-order valence-corrected chi connectivity index (χ4v) is 1.54. The van der Waals surface area contributed by atoms with E-state index in [1.54, 1.807) is 0 Å². The Morgan fingerprint density at radius 3 is 2.70 bits per heavy atom. The summed E-state index contributed by atoms with van der Waals surface area (Å²) in [5.74, 6) is 0.264. The summed E-state index contributed by atoms with van der Waals surface area (Å²) in [6.45, 7) is 1.90. The second kappa shape index (κ2) is 1.68. The van der Waals surface area contributed by atoms with Crippen LogP contribution in [0.3, 0.4) is 0 Å². The molecule has 0 bridgehead atoms. The zero-order valence-corrected chi connectivity index (χ0v) is 6.18. The molecular formula is C8H11NO. The summed E-state index contributed by atoms with van der Waals surface area (Å²) in [4.78, 5) is 15.3. The van der Waals surface area contributed by atoms with Crippen molar-refractivity contribution in [3.05, 3.63) is 0 Å². The SMILES string of the molecule is CCC(=O)C1=NC12CCC2. The highest BCUT2D eigenvalue weighted by Gasteiger charge is 2.54. The minimum Gasteiger partial charge on any atom is -0.293 e. The summed E-state index contributed by atoms with van der Waals surface area (Å²) in [5.41, 5.74) is 0.994. The van der Waals surface area contributed by atoms with Gasteiger partial charge >= 0.3 is 0 Å². The lowest BCUT2D eigenvalue weighted by atomic mass is 9.79. The zero-order chi connectivity index (χ0) is 7.19. The first-order valence-electron chi connectivity index (χ1n) is 3.92. The first kappa shape index (κ1) is 6.08. The Morgan fingerprint density at radius 2 is 2.40 bits per heavy atom. The van der Waals surface area contributed by atoms with Crippen LogP contribution in [-0.2, 0) is 4.79 Å². The first-order valence-corrected chi connectivity index (χ1v) is 3.92. The Bertz CT molecular complexity index is 213. The van der Waals surface area contributed by atoms with Crippen LogP contribution >= 0.6 is 0 Å². The second-order valence-electron chi connectivity index (χ2n) is 3.12. The van der Waals surface area contributed by atoms with Crippen LogP contribution in [-0.4, -0.2) is 17.0 Å². The van der Waals surface area contributed by atoms with Crippen LogP contribution in [0.4, 0.5) is 0 Å². The van der Waals surface area contributed by atoms with Gasteiger partial charge in [0.2, 0.25) is 0 Å². The number of nitrogens with zero attached hydrogens (tertiary/aromatic N) is 1. The van der Waals surface area contributed by atoms with Crippen molar-refractivity contribution < 1.29 is 4.79 Å². The average Bonchev–Trinajstić information content (AvgIpc) is 2.59. The fraction of sp³-hybridized carbons (Fsp3) is 0.750. The van der Waals surface area contributed by atoms with Crippen LogP contribution in [0.1, 0.15) is 32.6 Å². The maximum absolute atomic E-state index is 11.1. The Kier molecular flexibility index (Phi) is 1.02. The molecule has 0 aromatic carbocycles. The number of hydrogen-bond acceptors (Lipinski definition) is 2. The molecule has 0 atom stereocenters. The molecule has 1 aliphatic heterocycles. The Morgan fingerprint density at radius 1 is 1.70 bits per heavy atom. The van der Waals surface area contributed by atoms with Gasteiger partial charge in [0.15, 0.2) is 5.78 Å². The van der Waals surface area contributed by atoms with Crippen LogP contribution in [0.2, 0.25) is 0 Å². The van der Waals surface area contributed by atoms with Crippen molar-refractivity contribution in [2.45, 2.75) is 38.1 Å². The lowest BCUT2D eigenvalue weighted by Crippen LogP contribution is -2.31. The van der Waals surface area contributed by atoms with Crippen LogP contribution in [0, 0.1) is 0 Å². The van der Waals surface area contributed by atoms with Crippen molar-refractivity contribution in [1.29, 1.82) is 0 Å². The Hall–Kier alpha value is -0.660. The quantitative estimate of drug-likeness (QED) is 0.564. The molecular weight excluding hydrogens is 126 g/mol. The minimum atomic E-state index is 0.104. The van der Waals surface area contributed by atoms with E-state index >= 15 is 0 Å². The number of Topliss-reactive ketones (excluding diaryl/α,β-unsaturated/α-hetero) is 1. The monoisotopic (exact) mass is 137 g/mol. The van der Waals surface area contributed by atoms with Crippen molar-refractivity contribution >= 4 is 11.5 Å². The van der Waals surface area contributed by atoms with Gasteiger partial charge in [-0.25, -0.2) is 0 Å². The van der Waals surface area contributed by atoms with Crippen molar-refractivity contribution in [2.75, 3.05) is 0 Å². The van der Waals surface area contributed by atoms with E-state index in [1.165, 1.54) is 6.42 Å². The van der Waals surface area contributed by atoms with E-state index in [0.717, 1.165) is 18.6 Å². The van der Waals surface area contributed by atoms with E-state index in [2.05, 4.69) is 4.99 Å². The molecule has 1 saturated carbocycles. The predicted molar refractivity (Wildman–Crippen MR) is 39.3 cm³/mol. The largest absolute Gasteiger partial charge is 0.293 e. The van der Waals surface area contributed by atoms with Gasteiger partial charge < -0.3 is 0 Å². The van der Waals surface area contributed by atoms with Gasteiger partial charge in [-0.2, -0.15) is 0 Å². The van der Waals surface area contributed by atoms with Crippen LogP contribution in [0.15, 0.2) is 4.99 Å². The third-order valence-electron chi connectivity index (χ3n) is 2.48. The van der Waals surface area contributed by atoms with Gasteiger partial charge in [-0.15, -0.1) is 0 Å². The molecule has 0 saturated heterocycles. The molecule has 0 N–H and O–H groups in total. The standard InChI is InChI=1S/C8H11NO/c1-2-6(10)7-8(9-7)4-3-5-8/h2-5H2,1H3. The summed E-state index contributed by atoms with van der Waals surface area (Å²) in [7, 11) is 0. The first-order chi connectivity index (χ1) is 4.78. The molecule has 1 heterocycles. The number of aliphatic imine (C=N–C) groups is 1. The zero-order valence-electron chi connectivity index (χ0n) is 6.18. The van der Waals surface area contributed by atoms with Gasteiger partial charge in [0.1, 0.15) is 11.3 Å². The molecule has 0 amide bonds. The molecule has 2 aliphatic rings. The normalized spacial score (nSPS) is 25.5.